The third kappa shape index (κ3) is 5.43. The van der Waals surface area contributed by atoms with Crippen molar-refractivity contribution in [1.82, 2.24) is 5.43 Å². The molecule has 0 atom stereocenters. The fourth-order valence-electron chi connectivity index (χ4n) is 1.88. The number of unbranched alkanes of at least 4 members (excludes halogenated alkanes) is 1. The quantitative estimate of drug-likeness (QED) is 0.608. The number of benzene rings is 1. The van der Waals surface area contributed by atoms with E-state index in [4.69, 9.17) is 4.42 Å². The summed E-state index contributed by atoms with van der Waals surface area (Å²) in [5.41, 5.74) is 3.41. The van der Waals surface area contributed by atoms with E-state index in [9.17, 15) is 9.59 Å². The topological polar surface area (TPSA) is 83.7 Å². The Kier molecular flexibility index (Phi) is 6.11. The molecule has 0 fully saturated rings. The van der Waals surface area contributed by atoms with Gasteiger partial charge in [-0.1, -0.05) is 19.4 Å². The summed E-state index contributed by atoms with van der Waals surface area (Å²) in [4.78, 5) is 23.7. The molecule has 0 radical (unpaired) electrons. The maximum Gasteiger partial charge on any atom is 0.271 e. The van der Waals surface area contributed by atoms with Gasteiger partial charge >= 0.3 is 0 Å². The zero-order valence-corrected chi connectivity index (χ0v) is 12.9. The van der Waals surface area contributed by atoms with E-state index in [2.05, 4.69) is 15.8 Å². The van der Waals surface area contributed by atoms with Crippen LogP contribution in [-0.2, 0) is 4.79 Å². The van der Waals surface area contributed by atoms with Gasteiger partial charge in [0.2, 0.25) is 5.91 Å². The van der Waals surface area contributed by atoms with Crippen LogP contribution in [0, 0.1) is 0 Å². The molecule has 2 N–H and O–H groups in total. The Balaban J connectivity index is 1.93. The molecule has 0 aliphatic rings. The van der Waals surface area contributed by atoms with Crippen LogP contribution in [-0.4, -0.2) is 18.0 Å². The molecule has 1 heterocycles. The fraction of sp³-hybridized carbons (Fsp3) is 0.235. The zero-order valence-electron chi connectivity index (χ0n) is 12.9. The van der Waals surface area contributed by atoms with Crippen molar-refractivity contribution in [1.29, 1.82) is 0 Å². The standard InChI is InChI=1S/C17H19N3O3/c1-2-3-9-16(21)19-14-7-4-6-13(11-14)17(22)20-18-12-15-8-5-10-23-15/h4-8,10-12H,2-3,9H2,1H3,(H,19,21)(H,20,22)/b18-12-. The molecule has 6 nitrogen and oxygen atoms in total. The first-order valence-electron chi connectivity index (χ1n) is 7.46. The third-order valence-corrected chi connectivity index (χ3v) is 3.07. The van der Waals surface area contributed by atoms with Crippen molar-refractivity contribution in [3.8, 4) is 0 Å². The van der Waals surface area contributed by atoms with Crippen LogP contribution in [0.3, 0.4) is 0 Å². The van der Waals surface area contributed by atoms with Crippen LogP contribution in [0.15, 0.2) is 52.2 Å². The van der Waals surface area contributed by atoms with Gasteiger partial charge in [-0.15, -0.1) is 0 Å². The van der Waals surface area contributed by atoms with Crippen molar-refractivity contribution in [2.75, 3.05) is 5.32 Å². The SMILES string of the molecule is CCCCC(=O)Nc1cccc(C(=O)N/N=C\c2ccco2)c1. The highest BCUT2D eigenvalue weighted by Gasteiger charge is 2.07. The lowest BCUT2D eigenvalue weighted by Gasteiger charge is -2.06. The Bertz CT molecular complexity index is 678. The predicted molar refractivity (Wildman–Crippen MR) is 88.4 cm³/mol. The number of hydrazone groups is 1. The molecule has 2 amide bonds. The van der Waals surface area contributed by atoms with Crippen molar-refractivity contribution in [3.63, 3.8) is 0 Å². The molecule has 1 aromatic heterocycles. The minimum atomic E-state index is -0.363. The van der Waals surface area contributed by atoms with Gasteiger partial charge in [0.1, 0.15) is 5.76 Å². The molecule has 1 aromatic carbocycles. The van der Waals surface area contributed by atoms with Gasteiger partial charge in [0.25, 0.3) is 5.91 Å². The van der Waals surface area contributed by atoms with Crippen LogP contribution in [0.2, 0.25) is 0 Å². The Hall–Kier alpha value is -2.89. The van der Waals surface area contributed by atoms with Crippen molar-refractivity contribution in [3.05, 3.63) is 54.0 Å². The summed E-state index contributed by atoms with van der Waals surface area (Å²) in [6, 6.07) is 10.2. The highest BCUT2D eigenvalue weighted by atomic mass is 16.3. The second kappa shape index (κ2) is 8.53. The van der Waals surface area contributed by atoms with Crippen molar-refractivity contribution in [2.45, 2.75) is 26.2 Å². The average molecular weight is 313 g/mol. The number of hydrogen-bond donors (Lipinski definition) is 2. The monoisotopic (exact) mass is 313 g/mol. The smallest absolute Gasteiger partial charge is 0.271 e. The molecule has 6 heteroatoms. The third-order valence-electron chi connectivity index (χ3n) is 3.07. The molecule has 2 aromatic rings. The van der Waals surface area contributed by atoms with Crippen LogP contribution in [0.25, 0.3) is 0 Å². The molecule has 23 heavy (non-hydrogen) atoms. The van der Waals surface area contributed by atoms with Gasteiger partial charge in [-0.25, -0.2) is 5.43 Å². The van der Waals surface area contributed by atoms with E-state index in [-0.39, 0.29) is 11.8 Å². The van der Waals surface area contributed by atoms with E-state index < -0.39 is 0 Å². The second-order valence-electron chi connectivity index (χ2n) is 4.95. The highest BCUT2D eigenvalue weighted by Crippen LogP contribution is 2.11. The molecule has 0 aliphatic carbocycles. The number of furan rings is 1. The Labute approximate surface area is 134 Å². The summed E-state index contributed by atoms with van der Waals surface area (Å²) < 4.78 is 5.07. The van der Waals surface area contributed by atoms with Gasteiger partial charge in [0.05, 0.1) is 12.5 Å². The van der Waals surface area contributed by atoms with Gasteiger partial charge in [0, 0.05) is 17.7 Å². The summed E-state index contributed by atoms with van der Waals surface area (Å²) in [6.45, 7) is 2.03. The molecular formula is C17H19N3O3. The number of nitrogens with one attached hydrogen (secondary N) is 2. The summed E-state index contributed by atoms with van der Waals surface area (Å²) in [7, 11) is 0. The van der Waals surface area contributed by atoms with E-state index in [1.807, 2.05) is 6.92 Å². The summed E-state index contributed by atoms with van der Waals surface area (Å²) in [5.74, 6) is 0.125. The minimum Gasteiger partial charge on any atom is -0.463 e. The molecule has 120 valence electrons. The number of nitrogens with zero attached hydrogens (tertiary/aromatic N) is 1. The predicted octanol–water partition coefficient (Wildman–Crippen LogP) is 3.17. The van der Waals surface area contributed by atoms with Crippen LogP contribution in [0.1, 0.15) is 42.3 Å². The Morgan fingerprint density at radius 3 is 2.87 bits per heavy atom. The number of amides is 2. The first kappa shape index (κ1) is 16.5. The van der Waals surface area contributed by atoms with Gasteiger partial charge in [-0.2, -0.15) is 5.10 Å². The van der Waals surface area contributed by atoms with Crippen molar-refractivity contribution in [2.24, 2.45) is 5.10 Å². The van der Waals surface area contributed by atoms with Gasteiger partial charge in [-0.05, 0) is 36.8 Å². The van der Waals surface area contributed by atoms with E-state index in [1.54, 1.807) is 36.4 Å². The number of rotatable bonds is 7. The minimum absolute atomic E-state index is 0.0553. The Morgan fingerprint density at radius 2 is 2.13 bits per heavy atom. The first-order valence-corrected chi connectivity index (χ1v) is 7.46. The lowest BCUT2D eigenvalue weighted by Crippen LogP contribution is -2.18. The number of carbonyl (C=O) groups excluding carboxylic acids is 2. The first-order chi connectivity index (χ1) is 11.2. The molecule has 0 spiro atoms. The van der Waals surface area contributed by atoms with E-state index in [0.29, 0.717) is 23.4 Å². The molecular weight excluding hydrogens is 294 g/mol. The summed E-state index contributed by atoms with van der Waals surface area (Å²) >= 11 is 0. The van der Waals surface area contributed by atoms with E-state index in [1.165, 1.54) is 12.5 Å². The molecule has 0 saturated carbocycles. The normalized spacial score (nSPS) is 10.7. The number of anilines is 1. The summed E-state index contributed by atoms with van der Waals surface area (Å²) in [5, 5.41) is 6.59. The van der Waals surface area contributed by atoms with E-state index in [0.717, 1.165) is 12.8 Å². The van der Waals surface area contributed by atoms with Gasteiger partial charge < -0.3 is 9.73 Å². The number of carbonyl (C=O) groups is 2. The van der Waals surface area contributed by atoms with Crippen LogP contribution >= 0.6 is 0 Å². The Morgan fingerprint density at radius 1 is 1.26 bits per heavy atom. The second-order valence-corrected chi connectivity index (χ2v) is 4.95. The molecule has 0 aliphatic heterocycles. The number of hydrogen-bond acceptors (Lipinski definition) is 4. The van der Waals surface area contributed by atoms with Gasteiger partial charge in [-0.3, -0.25) is 9.59 Å². The van der Waals surface area contributed by atoms with Gasteiger partial charge in [0.15, 0.2) is 0 Å². The maximum atomic E-state index is 12.0. The highest BCUT2D eigenvalue weighted by molar-refractivity contribution is 5.97. The van der Waals surface area contributed by atoms with Crippen molar-refractivity contribution < 1.29 is 14.0 Å². The molecule has 0 bridgehead atoms. The van der Waals surface area contributed by atoms with Crippen molar-refractivity contribution >= 4 is 23.7 Å². The molecule has 0 unspecified atom stereocenters. The maximum absolute atomic E-state index is 12.0. The lowest BCUT2D eigenvalue weighted by atomic mass is 10.2. The van der Waals surface area contributed by atoms with Crippen LogP contribution in [0.4, 0.5) is 5.69 Å². The lowest BCUT2D eigenvalue weighted by molar-refractivity contribution is -0.116. The summed E-state index contributed by atoms with van der Waals surface area (Å²) in [6.07, 6.45) is 5.21. The fourth-order valence-corrected chi connectivity index (χ4v) is 1.88. The van der Waals surface area contributed by atoms with Crippen LogP contribution in [0.5, 0.6) is 0 Å². The molecule has 2 rings (SSSR count). The van der Waals surface area contributed by atoms with E-state index >= 15 is 0 Å². The largest absolute Gasteiger partial charge is 0.463 e. The molecule has 0 saturated heterocycles. The van der Waals surface area contributed by atoms with Crippen LogP contribution < -0.4 is 10.7 Å². The average Bonchev–Trinajstić information content (AvgIpc) is 3.06. The zero-order chi connectivity index (χ0) is 16.5.